The zero-order valence-corrected chi connectivity index (χ0v) is 13.7. The average molecular weight is 327 g/mol. The van der Waals surface area contributed by atoms with Gasteiger partial charge < -0.3 is 15.0 Å². The highest BCUT2D eigenvalue weighted by Crippen LogP contribution is 2.33. The maximum Gasteiger partial charge on any atom is 0.410 e. The van der Waals surface area contributed by atoms with Gasteiger partial charge in [0.05, 0.1) is 6.54 Å². The van der Waals surface area contributed by atoms with Gasteiger partial charge in [0, 0.05) is 25.2 Å². The Balaban J connectivity index is 1.91. The number of likely N-dealkylation sites (tertiary alicyclic amines) is 1. The molecule has 5 nitrogen and oxygen atoms in total. The molecule has 1 aromatic rings. The van der Waals surface area contributed by atoms with Crippen LogP contribution in [0.5, 0.6) is 0 Å². The van der Waals surface area contributed by atoms with Gasteiger partial charge in [-0.2, -0.15) is 0 Å². The number of pyridine rings is 1. The summed E-state index contributed by atoms with van der Waals surface area (Å²) < 4.78 is 33.8. The van der Waals surface area contributed by atoms with Crippen molar-refractivity contribution in [3.63, 3.8) is 0 Å². The van der Waals surface area contributed by atoms with Crippen LogP contribution in [0.2, 0.25) is 0 Å². The van der Waals surface area contributed by atoms with Crippen molar-refractivity contribution in [1.29, 1.82) is 0 Å². The molecule has 0 radical (unpaired) electrons. The molecule has 1 atom stereocenters. The number of hydrogen-bond donors (Lipinski definition) is 1. The molecular formula is C16H23F2N3O2. The van der Waals surface area contributed by atoms with Crippen molar-refractivity contribution in [2.24, 2.45) is 5.92 Å². The molecule has 0 saturated carbocycles. The van der Waals surface area contributed by atoms with Gasteiger partial charge in [-0.05, 0) is 39.3 Å². The fourth-order valence-corrected chi connectivity index (χ4v) is 2.41. The first-order valence-electron chi connectivity index (χ1n) is 7.68. The summed E-state index contributed by atoms with van der Waals surface area (Å²) in [6.45, 7) is 4.91. The molecule has 1 saturated heterocycles. The largest absolute Gasteiger partial charge is 0.444 e. The molecule has 1 aliphatic rings. The van der Waals surface area contributed by atoms with Crippen LogP contribution >= 0.6 is 0 Å². The average Bonchev–Trinajstić information content (AvgIpc) is 2.44. The van der Waals surface area contributed by atoms with Crippen LogP contribution in [-0.4, -0.2) is 47.1 Å². The minimum absolute atomic E-state index is 0.117. The molecule has 7 heteroatoms. The lowest BCUT2D eigenvalue weighted by molar-refractivity contribution is -0.106. The van der Waals surface area contributed by atoms with E-state index in [1.54, 1.807) is 45.2 Å². The number of rotatable bonds is 3. The molecule has 2 heterocycles. The van der Waals surface area contributed by atoms with Crippen LogP contribution in [0.3, 0.4) is 0 Å². The summed E-state index contributed by atoms with van der Waals surface area (Å²) in [6.07, 6.45) is 1.13. The van der Waals surface area contributed by atoms with Crippen LogP contribution in [0, 0.1) is 5.92 Å². The second kappa shape index (κ2) is 6.68. The first-order chi connectivity index (χ1) is 10.7. The van der Waals surface area contributed by atoms with Gasteiger partial charge in [0.2, 0.25) is 0 Å². The fraction of sp³-hybridized carbons (Fsp3) is 0.625. The van der Waals surface area contributed by atoms with Crippen molar-refractivity contribution in [3.8, 4) is 0 Å². The molecular weight excluding hydrogens is 304 g/mol. The highest BCUT2D eigenvalue weighted by Gasteiger charge is 2.46. The topological polar surface area (TPSA) is 54.5 Å². The quantitative estimate of drug-likeness (QED) is 0.924. The Labute approximate surface area is 135 Å². The Kier molecular flexibility index (Phi) is 5.06. The summed E-state index contributed by atoms with van der Waals surface area (Å²) in [4.78, 5) is 17.1. The van der Waals surface area contributed by atoms with Crippen LogP contribution in [0.4, 0.5) is 19.4 Å². The van der Waals surface area contributed by atoms with Gasteiger partial charge in [-0.3, -0.25) is 0 Å². The van der Waals surface area contributed by atoms with Gasteiger partial charge in [0.1, 0.15) is 11.4 Å². The number of alkyl halides is 2. The summed E-state index contributed by atoms with van der Waals surface area (Å²) in [5, 5.41) is 2.93. The van der Waals surface area contributed by atoms with E-state index < -0.39 is 30.1 Å². The third-order valence-corrected chi connectivity index (χ3v) is 3.59. The molecule has 1 aliphatic heterocycles. The number of aromatic nitrogens is 1. The van der Waals surface area contributed by atoms with Gasteiger partial charge in [0.15, 0.2) is 0 Å². The lowest BCUT2D eigenvalue weighted by Crippen LogP contribution is -2.53. The molecule has 0 spiro atoms. The Bertz CT molecular complexity index is 532. The standard InChI is InChI=1S/C16H23F2N3O2/c1-15(2,3)23-14(22)21-9-7-12(16(17,18)11-21)10-20-13-6-4-5-8-19-13/h4-6,8,12H,7,9-11H2,1-3H3,(H,19,20)/t12-/m0/s1. The maximum atomic E-state index is 14.3. The Morgan fingerprint density at radius 3 is 2.78 bits per heavy atom. The molecule has 2 rings (SSSR count). The number of nitrogens with one attached hydrogen (secondary N) is 1. The SMILES string of the molecule is CC(C)(C)OC(=O)N1CC[C@@H](CNc2ccccn2)C(F)(F)C1. The highest BCUT2D eigenvalue weighted by atomic mass is 19.3. The number of amides is 1. The third-order valence-electron chi connectivity index (χ3n) is 3.59. The summed E-state index contributed by atoms with van der Waals surface area (Å²) in [6, 6.07) is 5.28. The summed E-state index contributed by atoms with van der Waals surface area (Å²) >= 11 is 0. The molecule has 1 N–H and O–H groups in total. The maximum absolute atomic E-state index is 14.3. The smallest absolute Gasteiger partial charge is 0.410 e. The number of piperidine rings is 1. The number of hydrogen-bond acceptors (Lipinski definition) is 4. The van der Waals surface area contributed by atoms with Gasteiger partial charge in [-0.25, -0.2) is 18.6 Å². The molecule has 0 aliphatic carbocycles. The molecule has 128 valence electrons. The van der Waals surface area contributed by atoms with Crippen molar-refractivity contribution in [2.45, 2.75) is 38.7 Å². The van der Waals surface area contributed by atoms with Crippen LogP contribution in [-0.2, 0) is 4.74 Å². The van der Waals surface area contributed by atoms with Crippen molar-refractivity contribution < 1.29 is 18.3 Å². The van der Waals surface area contributed by atoms with E-state index >= 15 is 0 Å². The minimum Gasteiger partial charge on any atom is -0.444 e. The summed E-state index contributed by atoms with van der Waals surface area (Å²) in [7, 11) is 0. The lowest BCUT2D eigenvalue weighted by Gasteiger charge is -2.38. The molecule has 0 aromatic carbocycles. The van der Waals surface area contributed by atoms with Gasteiger partial charge in [-0.1, -0.05) is 6.07 Å². The van der Waals surface area contributed by atoms with Crippen molar-refractivity contribution in [2.75, 3.05) is 25.0 Å². The molecule has 1 fully saturated rings. The van der Waals surface area contributed by atoms with Crippen LogP contribution < -0.4 is 5.32 Å². The number of halogens is 2. The molecule has 23 heavy (non-hydrogen) atoms. The normalized spacial score (nSPS) is 20.9. The molecule has 1 aromatic heterocycles. The number of anilines is 1. The second-order valence-corrected chi connectivity index (χ2v) is 6.74. The molecule has 1 amide bonds. The summed E-state index contributed by atoms with van der Waals surface area (Å²) in [5.41, 5.74) is -0.691. The monoisotopic (exact) mass is 327 g/mol. The number of ether oxygens (including phenoxy) is 1. The first kappa shape index (κ1) is 17.4. The Morgan fingerprint density at radius 1 is 1.48 bits per heavy atom. The van der Waals surface area contributed by atoms with Crippen molar-refractivity contribution in [3.05, 3.63) is 24.4 Å². The van der Waals surface area contributed by atoms with E-state index in [9.17, 15) is 13.6 Å². The van der Waals surface area contributed by atoms with Crippen LogP contribution in [0.1, 0.15) is 27.2 Å². The van der Waals surface area contributed by atoms with Gasteiger partial charge in [-0.15, -0.1) is 0 Å². The predicted molar refractivity (Wildman–Crippen MR) is 83.6 cm³/mol. The second-order valence-electron chi connectivity index (χ2n) is 6.74. The van der Waals surface area contributed by atoms with Crippen molar-refractivity contribution >= 4 is 11.9 Å². The van der Waals surface area contributed by atoms with Gasteiger partial charge in [0.25, 0.3) is 5.92 Å². The van der Waals surface area contributed by atoms with E-state index in [1.165, 1.54) is 0 Å². The van der Waals surface area contributed by atoms with E-state index in [1.807, 2.05) is 0 Å². The molecule has 0 bridgehead atoms. The van der Waals surface area contributed by atoms with E-state index in [-0.39, 0.29) is 19.5 Å². The van der Waals surface area contributed by atoms with Gasteiger partial charge >= 0.3 is 6.09 Å². The number of carbonyl (C=O) groups is 1. The number of nitrogens with zero attached hydrogens (tertiary/aromatic N) is 2. The lowest BCUT2D eigenvalue weighted by atomic mass is 9.93. The Morgan fingerprint density at radius 2 is 2.22 bits per heavy atom. The van der Waals surface area contributed by atoms with E-state index in [0.29, 0.717) is 5.82 Å². The zero-order valence-electron chi connectivity index (χ0n) is 13.7. The first-order valence-corrected chi connectivity index (χ1v) is 7.68. The van der Waals surface area contributed by atoms with E-state index in [0.717, 1.165) is 4.90 Å². The van der Waals surface area contributed by atoms with Crippen molar-refractivity contribution in [1.82, 2.24) is 9.88 Å². The zero-order chi connectivity index (χ0) is 17.1. The summed E-state index contributed by atoms with van der Waals surface area (Å²) in [5.74, 6) is -3.24. The predicted octanol–water partition coefficient (Wildman–Crippen LogP) is 3.39. The molecule has 0 unspecified atom stereocenters. The van der Waals surface area contributed by atoms with Crippen LogP contribution in [0.15, 0.2) is 24.4 Å². The highest BCUT2D eigenvalue weighted by molar-refractivity contribution is 5.68. The fourth-order valence-electron chi connectivity index (χ4n) is 2.41. The minimum atomic E-state index is -2.96. The Hall–Kier alpha value is -1.92. The van der Waals surface area contributed by atoms with E-state index in [4.69, 9.17) is 4.74 Å². The third kappa shape index (κ3) is 5.04. The van der Waals surface area contributed by atoms with Crippen LogP contribution in [0.25, 0.3) is 0 Å². The van der Waals surface area contributed by atoms with E-state index in [2.05, 4.69) is 10.3 Å². The number of carbonyl (C=O) groups excluding carboxylic acids is 1.